The standard InChI is InChI=1S/C13H23N3O/c1-3-10(8-14)7-12-15-13(16-17-12)11-5-4-9(2)6-11/h9-11H,3-8,14H2,1-2H3. The molecule has 4 heteroatoms. The van der Waals surface area contributed by atoms with E-state index in [0.29, 0.717) is 18.4 Å². The lowest BCUT2D eigenvalue weighted by Gasteiger charge is -2.07. The van der Waals surface area contributed by atoms with E-state index in [0.717, 1.165) is 30.5 Å². The highest BCUT2D eigenvalue weighted by molar-refractivity contribution is 4.99. The second kappa shape index (κ2) is 5.63. The van der Waals surface area contributed by atoms with Gasteiger partial charge in [-0.1, -0.05) is 25.4 Å². The molecule has 3 unspecified atom stereocenters. The molecule has 0 radical (unpaired) electrons. The summed E-state index contributed by atoms with van der Waals surface area (Å²) in [6.07, 6.45) is 5.58. The number of rotatable bonds is 5. The van der Waals surface area contributed by atoms with Crippen LogP contribution in [0.2, 0.25) is 0 Å². The van der Waals surface area contributed by atoms with Crippen LogP contribution < -0.4 is 5.73 Å². The van der Waals surface area contributed by atoms with E-state index in [9.17, 15) is 0 Å². The Morgan fingerprint density at radius 3 is 2.88 bits per heavy atom. The summed E-state index contributed by atoms with van der Waals surface area (Å²) in [5.74, 6) is 3.45. The summed E-state index contributed by atoms with van der Waals surface area (Å²) in [4.78, 5) is 4.53. The second-order valence-electron chi connectivity index (χ2n) is 5.38. The van der Waals surface area contributed by atoms with Gasteiger partial charge in [0.1, 0.15) is 0 Å². The molecule has 4 nitrogen and oxygen atoms in total. The molecule has 96 valence electrons. The van der Waals surface area contributed by atoms with Crippen molar-refractivity contribution in [3.63, 3.8) is 0 Å². The molecule has 1 aromatic rings. The van der Waals surface area contributed by atoms with Crippen LogP contribution in [0.25, 0.3) is 0 Å². The van der Waals surface area contributed by atoms with Crippen molar-refractivity contribution in [3.8, 4) is 0 Å². The average Bonchev–Trinajstić information content (AvgIpc) is 2.94. The minimum atomic E-state index is 0.464. The van der Waals surface area contributed by atoms with Gasteiger partial charge < -0.3 is 10.3 Å². The molecule has 2 rings (SSSR count). The zero-order valence-corrected chi connectivity index (χ0v) is 10.9. The minimum absolute atomic E-state index is 0.464. The van der Waals surface area contributed by atoms with E-state index >= 15 is 0 Å². The second-order valence-corrected chi connectivity index (χ2v) is 5.38. The molecule has 0 amide bonds. The van der Waals surface area contributed by atoms with E-state index < -0.39 is 0 Å². The van der Waals surface area contributed by atoms with Gasteiger partial charge in [0, 0.05) is 12.3 Å². The first-order valence-electron chi connectivity index (χ1n) is 6.75. The molecule has 0 bridgehead atoms. The Bertz CT molecular complexity index is 346. The van der Waals surface area contributed by atoms with Gasteiger partial charge in [0.15, 0.2) is 5.82 Å². The molecule has 0 spiro atoms. The molecule has 1 saturated carbocycles. The summed E-state index contributed by atoms with van der Waals surface area (Å²) < 4.78 is 5.33. The van der Waals surface area contributed by atoms with Crippen molar-refractivity contribution in [3.05, 3.63) is 11.7 Å². The molecular formula is C13H23N3O. The highest BCUT2D eigenvalue weighted by Gasteiger charge is 2.27. The van der Waals surface area contributed by atoms with E-state index in [1.807, 2.05) is 0 Å². The van der Waals surface area contributed by atoms with E-state index in [4.69, 9.17) is 10.3 Å². The minimum Gasteiger partial charge on any atom is -0.339 e. The number of aromatic nitrogens is 2. The molecule has 0 saturated heterocycles. The summed E-state index contributed by atoms with van der Waals surface area (Å²) in [5, 5.41) is 4.13. The van der Waals surface area contributed by atoms with Gasteiger partial charge in [0.05, 0.1) is 0 Å². The largest absolute Gasteiger partial charge is 0.339 e. The highest BCUT2D eigenvalue weighted by Crippen LogP contribution is 2.36. The Labute approximate surface area is 103 Å². The Morgan fingerprint density at radius 2 is 2.29 bits per heavy atom. The van der Waals surface area contributed by atoms with Crippen LogP contribution in [-0.2, 0) is 6.42 Å². The quantitative estimate of drug-likeness (QED) is 0.854. The lowest BCUT2D eigenvalue weighted by atomic mass is 10.0. The van der Waals surface area contributed by atoms with Crippen molar-refractivity contribution in [2.45, 2.75) is 51.9 Å². The molecule has 0 aromatic carbocycles. The van der Waals surface area contributed by atoms with Crippen molar-refractivity contribution < 1.29 is 4.52 Å². The van der Waals surface area contributed by atoms with Crippen LogP contribution in [0, 0.1) is 11.8 Å². The number of hydrogen-bond acceptors (Lipinski definition) is 4. The smallest absolute Gasteiger partial charge is 0.226 e. The maximum absolute atomic E-state index is 5.69. The maximum Gasteiger partial charge on any atom is 0.226 e. The summed E-state index contributed by atoms with van der Waals surface area (Å²) in [5.41, 5.74) is 5.69. The monoisotopic (exact) mass is 237 g/mol. The Kier molecular flexibility index (Phi) is 4.15. The third-order valence-corrected chi connectivity index (χ3v) is 3.92. The van der Waals surface area contributed by atoms with Gasteiger partial charge >= 0.3 is 0 Å². The van der Waals surface area contributed by atoms with E-state index in [1.54, 1.807) is 0 Å². The predicted molar refractivity (Wildman–Crippen MR) is 66.6 cm³/mol. The Hall–Kier alpha value is -0.900. The van der Waals surface area contributed by atoms with Crippen molar-refractivity contribution in [2.75, 3.05) is 6.54 Å². The van der Waals surface area contributed by atoms with Crippen LogP contribution in [-0.4, -0.2) is 16.7 Å². The van der Waals surface area contributed by atoms with Crippen molar-refractivity contribution >= 4 is 0 Å². The molecule has 1 aliphatic rings. The van der Waals surface area contributed by atoms with Crippen molar-refractivity contribution in [1.82, 2.24) is 10.1 Å². The van der Waals surface area contributed by atoms with E-state index in [-0.39, 0.29) is 0 Å². The number of hydrogen-bond donors (Lipinski definition) is 1. The van der Waals surface area contributed by atoms with Crippen LogP contribution in [0.5, 0.6) is 0 Å². The number of nitrogens with two attached hydrogens (primary N) is 1. The van der Waals surface area contributed by atoms with Crippen LogP contribution in [0.1, 0.15) is 57.2 Å². The molecule has 1 heterocycles. The molecule has 1 fully saturated rings. The third kappa shape index (κ3) is 3.06. The zero-order chi connectivity index (χ0) is 12.3. The summed E-state index contributed by atoms with van der Waals surface area (Å²) >= 11 is 0. The zero-order valence-electron chi connectivity index (χ0n) is 10.9. The molecule has 17 heavy (non-hydrogen) atoms. The van der Waals surface area contributed by atoms with Gasteiger partial charge in [-0.25, -0.2) is 0 Å². The van der Waals surface area contributed by atoms with Crippen molar-refractivity contribution in [2.24, 2.45) is 17.6 Å². The van der Waals surface area contributed by atoms with Crippen LogP contribution in [0.4, 0.5) is 0 Å². The normalized spacial score (nSPS) is 26.3. The first-order chi connectivity index (χ1) is 8.22. The summed E-state index contributed by atoms with van der Waals surface area (Å²) in [6, 6.07) is 0. The molecule has 1 aliphatic carbocycles. The van der Waals surface area contributed by atoms with Crippen LogP contribution >= 0.6 is 0 Å². The summed E-state index contributed by atoms with van der Waals surface area (Å²) in [6.45, 7) is 5.13. The molecule has 3 atom stereocenters. The topological polar surface area (TPSA) is 64.9 Å². The summed E-state index contributed by atoms with van der Waals surface area (Å²) in [7, 11) is 0. The highest BCUT2D eigenvalue weighted by atomic mass is 16.5. The SMILES string of the molecule is CCC(CN)Cc1nc(C2CCC(C)C2)no1. The lowest BCUT2D eigenvalue weighted by Crippen LogP contribution is -2.16. The maximum atomic E-state index is 5.69. The van der Waals surface area contributed by atoms with Crippen LogP contribution in [0.15, 0.2) is 4.52 Å². The van der Waals surface area contributed by atoms with Crippen molar-refractivity contribution in [1.29, 1.82) is 0 Å². The van der Waals surface area contributed by atoms with Gasteiger partial charge in [0.25, 0.3) is 0 Å². The molecule has 1 aromatic heterocycles. The van der Waals surface area contributed by atoms with Gasteiger partial charge in [-0.15, -0.1) is 0 Å². The van der Waals surface area contributed by atoms with Gasteiger partial charge in [-0.3, -0.25) is 0 Å². The van der Waals surface area contributed by atoms with Gasteiger partial charge in [-0.2, -0.15) is 4.98 Å². The van der Waals surface area contributed by atoms with Crippen LogP contribution in [0.3, 0.4) is 0 Å². The Morgan fingerprint density at radius 1 is 1.47 bits per heavy atom. The average molecular weight is 237 g/mol. The van der Waals surface area contributed by atoms with Gasteiger partial charge in [0.2, 0.25) is 5.89 Å². The third-order valence-electron chi connectivity index (χ3n) is 3.92. The first kappa shape index (κ1) is 12.6. The molecule has 0 aliphatic heterocycles. The number of nitrogens with zero attached hydrogens (tertiary/aromatic N) is 2. The first-order valence-corrected chi connectivity index (χ1v) is 6.75. The predicted octanol–water partition coefficient (Wildman–Crippen LogP) is 2.50. The Balaban J connectivity index is 1.96. The fourth-order valence-corrected chi connectivity index (χ4v) is 2.60. The van der Waals surface area contributed by atoms with E-state index in [1.165, 1.54) is 19.3 Å². The fourth-order valence-electron chi connectivity index (χ4n) is 2.60. The van der Waals surface area contributed by atoms with Gasteiger partial charge in [-0.05, 0) is 37.6 Å². The fraction of sp³-hybridized carbons (Fsp3) is 0.846. The lowest BCUT2D eigenvalue weighted by molar-refractivity contribution is 0.344. The molecule has 2 N–H and O–H groups in total. The molecular weight excluding hydrogens is 214 g/mol. The van der Waals surface area contributed by atoms with E-state index in [2.05, 4.69) is 24.0 Å².